The molecule has 3 aromatic rings. The molecule has 1 fully saturated rings. The van der Waals surface area contributed by atoms with E-state index in [1.807, 2.05) is 59.3 Å². The molecule has 1 amide bonds. The van der Waals surface area contributed by atoms with Crippen molar-refractivity contribution in [3.63, 3.8) is 0 Å². The summed E-state index contributed by atoms with van der Waals surface area (Å²) in [6.07, 6.45) is 4.19. The second kappa shape index (κ2) is 8.08. The summed E-state index contributed by atoms with van der Waals surface area (Å²) in [7, 11) is 0. The third kappa shape index (κ3) is 3.75. The highest BCUT2D eigenvalue weighted by Crippen LogP contribution is 2.26. The van der Waals surface area contributed by atoms with E-state index in [1.165, 1.54) is 4.90 Å². The van der Waals surface area contributed by atoms with Crippen molar-refractivity contribution in [2.24, 2.45) is 0 Å². The number of para-hydroxylation sites is 1. The van der Waals surface area contributed by atoms with Gasteiger partial charge >= 0.3 is 0 Å². The first-order valence-corrected chi connectivity index (χ1v) is 9.90. The predicted octanol–water partition coefficient (Wildman–Crippen LogP) is 4.47. The van der Waals surface area contributed by atoms with Crippen LogP contribution in [0.15, 0.2) is 60.4 Å². The summed E-state index contributed by atoms with van der Waals surface area (Å²) in [5, 5.41) is 13.9. The molecule has 29 heavy (non-hydrogen) atoms. The van der Waals surface area contributed by atoms with E-state index in [9.17, 15) is 4.79 Å². The number of nitriles is 1. The monoisotopic (exact) mass is 420 g/mol. The molecule has 2 aromatic carbocycles. The van der Waals surface area contributed by atoms with Crippen molar-refractivity contribution in [2.75, 3.05) is 0 Å². The summed E-state index contributed by atoms with van der Waals surface area (Å²) >= 11 is 11.6. The number of rotatable bonds is 5. The molecule has 1 aliphatic rings. The van der Waals surface area contributed by atoms with Crippen LogP contribution in [0, 0.1) is 11.3 Å². The molecule has 0 bridgehead atoms. The van der Waals surface area contributed by atoms with Crippen LogP contribution in [0.4, 0.5) is 0 Å². The van der Waals surface area contributed by atoms with Crippen molar-refractivity contribution in [1.82, 2.24) is 14.8 Å². The van der Waals surface area contributed by atoms with Crippen molar-refractivity contribution in [3.05, 3.63) is 76.6 Å². The van der Waals surface area contributed by atoms with Gasteiger partial charge in [-0.05, 0) is 36.0 Å². The number of hydrogen-bond donors (Lipinski definition) is 1. The minimum atomic E-state index is -0.191. The molecule has 7 heteroatoms. The van der Waals surface area contributed by atoms with Gasteiger partial charge in [-0.3, -0.25) is 9.69 Å². The quantitative estimate of drug-likeness (QED) is 0.488. The van der Waals surface area contributed by atoms with Gasteiger partial charge in [-0.25, -0.2) is 0 Å². The average Bonchev–Trinajstić information content (AvgIpc) is 3.20. The van der Waals surface area contributed by atoms with E-state index in [0.29, 0.717) is 35.3 Å². The lowest BCUT2D eigenvalue weighted by Crippen LogP contribution is -2.30. The SMILES string of the molecule is N#CCCn1cc(/C=C2/NC(=S)N(Cc3ccccc3Cl)C2=O)c2ccccc21. The molecule has 1 saturated heterocycles. The van der Waals surface area contributed by atoms with Gasteiger partial charge in [0.1, 0.15) is 5.70 Å². The van der Waals surface area contributed by atoms with Gasteiger partial charge < -0.3 is 9.88 Å². The van der Waals surface area contributed by atoms with Gasteiger partial charge in [-0.15, -0.1) is 0 Å². The number of nitrogens with one attached hydrogen (secondary N) is 1. The molecule has 1 N–H and O–H groups in total. The molecule has 0 radical (unpaired) electrons. The van der Waals surface area contributed by atoms with E-state index in [1.54, 1.807) is 6.07 Å². The van der Waals surface area contributed by atoms with E-state index >= 15 is 0 Å². The van der Waals surface area contributed by atoms with Gasteiger partial charge in [0.25, 0.3) is 5.91 Å². The lowest BCUT2D eigenvalue weighted by Gasteiger charge is -2.14. The van der Waals surface area contributed by atoms with Crippen molar-refractivity contribution in [1.29, 1.82) is 5.26 Å². The molecule has 0 saturated carbocycles. The van der Waals surface area contributed by atoms with Crippen LogP contribution >= 0.6 is 23.8 Å². The Hall–Kier alpha value is -3.14. The van der Waals surface area contributed by atoms with Gasteiger partial charge in [0, 0.05) is 34.2 Å². The average molecular weight is 421 g/mol. The largest absolute Gasteiger partial charge is 0.346 e. The van der Waals surface area contributed by atoms with Crippen LogP contribution in [0.5, 0.6) is 0 Å². The summed E-state index contributed by atoms with van der Waals surface area (Å²) in [4.78, 5) is 14.5. The zero-order valence-electron chi connectivity index (χ0n) is 15.4. The Morgan fingerprint density at radius 3 is 2.72 bits per heavy atom. The number of fused-ring (bicyclic) bond motifs is 1. The van der Waals surface area contributed by atoms with E-state index < -0.39 is 0 Å². The van der Waals surface area contributed by atoms with Crippen LogP contribution < -0.4 is 5.32 Å². The maximum atomic E-state index is 13.0. The van der Waals surface area contributed by atoms with Crippen LogP contribution in [-0.4, -0.2) is 20.5 Å². The first-order chi connectivity index (χ1) is 14.1. The Kier molecular flexibility index (Phi) is 5.34. The topological polar surface area (TPSA) is 61.1 Å². The highest BCUT2D eigenvalue weighted by Gasteiger charge is 2.31. The molecule has 1 aliphatic heterocycles. The van der Waals surface area contributed by atoms with Crippen molar-refractivity contribution in [2.45, 2.75) is 19.5 Å². The molecule has 4 rings (SSSR count). The van der Waals surface area contributed by atoms with Crippen molar-refractivity contribution < 1.29 is 4.79 Å². The van der Waals surface area contributed by atoms with Gasteiger partial charge in [-0.2, -0.15) is 5.26 Å². The molecule has 2 heterocycles. The molecule has 0 atom stereocenters. The second-order valence-electron chi connectivity index (χ2n) is 6.67. The summed E-state index contributed by atoms with van der Waals surface area (Å²) in [6.45, 7) is 0.907. The van der Waals surface area contributed by atoms with Crippen LogP contribution in [0.2, 0.25) is 5.02 Å². The van der Waals surface area contributed by atoms with Gasteiger partial charge in [0.2, 0.25) is 0 Å². The molecular formula is C22H17ClN4OS. The zero-order chi connectivity index (χ0) is 20.4. The first kappa shape index (κ1) is 19.2. The highest BCUT2D eigenvalue weighted by molar-refractivity contribution is 7.80. The molecule has 144 valence electrons. The Bertz CT molecular complexity index is 1190. The predicted molar refractivity (Wildman–Crippen MR) is 118 cm³/mol. The zero-order valence-corrected chi connectivity index (χ0v) is 17.0. The lowest BCUT2D eigenvalue weighted by molar-refractivity contribution is -0.122. The molecule has 0 unspecified atom stereocenters. The number of aryl methyl sites for hydroxylation is 1. The Morgan fingerprint density at radius 2 is 1.93 bits per heavy atom. The fraction of sp³-hybridized carbons (Fsp3) is 0.136. The van der Waals surface area contributed by atoms with Crippen LogP contribution in [0.1, 0.15) is 17.5 Å². The van der Waals surface area contributed by atoms with Crippen LogP contribution in [0.25, 0.3) is 17.0 Å². The minimum Gasteiger partial charge on any atom is -0.346 e. The fourth-order valence-electron chi connectivity index (χ4n) is 3.41. The number of aromatic nitrogens is 1. The number of benzene rings is 2. The molecule has 5 nitrogen and oxygen atoms in total. The van der Waals surface area contributed by atoms with E-state index in [2.05, 4.69) is 11.4 Å². The Labute approximate surface area is 178 Å². The number of hydrogen-bond acceptors (Lipinski definition) is 3. The fourth-order valence-corrected chi connectivity index (χ4v) is 3.87. The van der Waals surface area contributed by atoms with Crippen LogP contribution in [-0.2, 0) is 17.9 Å². The number of halogens is 1. The lowest BCUT2D eigenvalue weighted by atomic mass is 10.1. The summed E-state index contributed by atoms with van der Waals surface area (Å²) in [6, 6.07) is 17.5. The molecule has 0 aliphatic carbocycles. The maximum absolute atomic E-state index is 13.0. The van der Waals surface area contributed by atoms with Crippen LogP contribution in [0.3, 0.4) is 0 Å². The molecule has 0 spiro atoms. The first-order valence-electron chi connectivity index (χ1n) is 9.11. The normalized spacial score (nSPS) is 15.2. The number of thiocarbonyl (C=S) groups is 1. The highest BCUT2D eigenvalue weighted by atomic mass is 35.5. The second-order valence-corrected chi connectivity index (χ2v) is 7.47. The van der Waals surface area contributed by atoms with E-state index in [-0.39, 0.29) is 5.91 Å². The smallest absolute Gasteiger partial charge is 0.276 e. The maximum Gasteiger partial charge on any atom is 0.276 e. The molecular weight excluding hydrogens is 404 g/mol. The summed E-state index contributed by atoms with van der Waals surface area (Å²) in [5.41, 5.74) is 3.18. The number of nitrogens with zero attached hydrogens (tertiary/aromatic N) is 3. The number of amides is 1. The van der Waals surface area contributed by atoms with Crippen molar-refractivity contribution >= 4 is 51.8 Å². The number of carbonyl (C=O) groups is 1. The molecule has 1 aromatic heterocycles. The standard InChI is InChI=1S/C22H17ClN4OS/c23-18-8-3-1-6-15(18)14-27-21(28)19(25-22(27)29)12-16-13-26(11-5-10-24)20-9-4-2-7-17(16)20/h1-4,6-9,12-13H,5,11,14H2,(H,25,29)/b19-12+. The summed E-state index contributed by atoms with van der Waals surface area (Å²) < 4.78 is 2.03. The number of carbonyl (C=O) groups excluding carboxylic acids is 1. The Balaban J connectivity index is 1.66. The third-order valence-corrected chi connectivity index (χ3v) is 5.52. The van der Waals surface area contributed by atoms with Gasteiger partial charge in [-0.1, -0.05) is 48.0 Å². The van der Waals surface area contributed by atoms with Crippen molar-refractivity contribution in [3.8, 4) is 6.07 Å². The Morgan fingerprint density at radius 1 is 1.17 bits per heavy atom. The van der Waals surface area contributed by atoms with Gasteiger partial charge in [0.05, 0.1) is 19.0 Å². The minimum absolute atomic E-state index is 0.191. The third-order valence-electron chi connectivity index (χ3n) is 4.83. The van der Waals surface area contributed by atoms with Gasteiger partial charge in [0.15, 0.2) is 5.11 Å². The summed E-state index contributed by atoms with van der Waals surface area (Å²) in [5.74, 6) is -0.191. The van der Waals surface area contributed by atoms with E-state index in [0.717, 1.165) is 22.0 Å². The van der Waals surface area contributed by atoms with E-state index in [4.69, 9.17) is 29.1 Å².